The van der Waals surface area contributed by atoms with Gasteiger partial charge in [-0.2, -0.15) is 10.2 Å². The van der Waals surface area contributed by atoms with E-state index in [9.17, 15) is 4.79 Å². The van der Waals surface area contributed by atoms with Crippen LogP contribution in [0.5, 0.6) is 0 Å². The quantitative estimate of drug-likeness (QED) is 0.849. The lowest BCUT2D eigenvalue weighted by Gasteiger charge is -2.21. The molecule has 0 saturated carbocycles. The SMILES string of the molecule is Cc1c(CCC(=O)NC[C@H](c2ccnn2C)C(C)C)cnn1C. The van der Waals surface area contributed by atoms with Crippen LogP contribution < -0.4 is 5.32 Å². The summed E-state index contributed by atoms with van der Waals surface area (Å²) in [6, 6.07) is 2.02. The highest BCUT2D eigenvalue weighted by atomic mass is 16.1. The van der Waals surface area contributed by atoms with E-state index < -0.39 is 0 Å². The molecule has 2 aromatic heterocycles. The molecule has 0 bridgehead atoms. The van der Waals surface area contributed by atoms with Crippen LogP contribution >= 0.6 is 0 Å². The highest BCUT2D eigenvalue weighted by Gasteiger charge is 2.19. The number of nitrogens with zero attached hydrogens (tertiary/aromatic N) is 4. The third kappa shape index (κ3) is 4.21. The van der Waals surface area contributed by atoms with Gasteiger partial charge in [-0.1, -0.05) is 13.8 Å². The minimum Gasteiger partial charge on any atom is -0.355 e. The third-order valence-electron chi connectivity index (χ3n) is 4.52. The summed E-state index contributed by atoms with van der Waals surface area (Å²) in [7, 11) is 3.86. The molecule has 2 aromatic rings. The van der Waals surface area contributed by atoms with E-state index in [1.165, 1.54) is 0 Å². The first-order valence-electron chi connectivity index (χ1n) is 8.12. The van der Waals surface area contributed by atoms with E-state index in [1.807, 2.05) is 42.6 Å². The van der Waals surface area contributed by atoms with Crippen molar-refractivity contribution < 1.29 is 4.79 Å². The Labute approximate surface area is 137 Å². The second kappa shape index (κ2) is 7.44. The molecule has 6 heteroatoms. The van der Waals surface area contributed by atoms with Crippen LogP contribution in [0.3, 0.4) is 0 Å². The van der Waals surface area contributed by atoms with Crippen LogP contribution in [-0.2, 0) is 25.3 Å². The fourth-order valence-corrected chi connectivity index (χ4v) is 2.78. The van der Waals surface area contributed by atoms with Gasteiger partial charge >= 0.3 is 0 Å². The van der Waals surface area contributed by atoms with Gasteiger partial charge in [0.05, 0.1) is 6.20 Å². The molecule has 1 N–H and O–H groups in total. The number of amides is 1. The Morgan fingerprint density at radius 2 is 2.00 bits per heavy atom. The van der Waals surface area contributed by atoms with E-state index in [1.54, 1.807) is 6.20 Å². The van der Waals surface area contributed by atoms with Gasteiger partial charge in [0.1, 0.15) is 0 Å². The van der Waals surface area contributed by atoms with Gasteiger partial charge < -0.3 is 5.32 Å². The van der Waals surface area contributed by atoms with Gasteiger partial charge in [-0.3, -0.25) is 14.2 Å². The first kappa shape index (κ1) is 17.2. The minimum absolute atomic E-state index is 0.0843. The molecule has 1 amide bonds. The molecule has 1 atom stereocenters. The van der Waals surface area contributed by atoms with Gasteiger partial charge in [-0.05, 0) is 30.9 Å². The van der Waals surface area contributed by atoms with Crippen molar-refractivity contribution in [2.45, 2.75) is 39.5 Å². The van der Waals surface area contributed by atoms with Crippen molar-refractivity contribution in [3.63, 3.8) is 0 Å². The second-order valence-corrected chi connectivity index (χ2v) is 6.41. The lowest BCUT2D eigenvalue weighted by molar-refractivity contribution is -0.121. The van der Waals surface area contributed by atoms with Gasteiger partial charge in [-0.15, -0.1) is 0 Å². The Morgan fingerprint density at radius 3 is 2.52 bits per heavy atom. The lowest BCUT2D eigenvalue weighted by Crippen LogP contribution is -2.31. The first-order chi connectivity index (χ1) is 10.9. The van der Waals surface area contributed by atoms with Crippen molar-refractivity contribution >= 4 is 5.91 Å². The summed E-state index contributed by atoms with van der Waals surface area (Å²) in [6.07, 6.45) is 4.86. The average Bonchev–Trinajstić information content (AvgIpc) is 3.05. The molecule has 23 heavy (non-hydrogen) atoms. The number of rotatable bonds is 7. The Balaban J connectivity index is 1.87. The van der Waals surface area contributed by atoms with Crippen molar-refractivity contribution in [2.24, 2.45) is 20.0 Å². The van der Waals surface area contributed by atoms with Crippen LogP contribution in [-0.4, -0.2) is 32.0 Å². The summed E-state index contributed by atoms with van der Waals surface area (Å²) >= 11 is 0. The maximum Gasteiger partial charge on any atom is 0.220 e. The van der Waals surface area contributed by atoms with Crippen molar-refractivity contribution in [1.29, 1.82) is 0 Å². The minimum atomic E-state index is 0.0843. The van der Waals surface area contributed by atoms with Crippen LogP contribution in [0.25, 0.3) is 0 Å². The van der Waals surface area contributed by atoms with E-state index in [0.717, 1.165) is 23.4 Å². The smallest absolute Gasteiger partial charge is 0.220 e. The zero-order chi connectivity index (χ0) is 17.0. The monoisotopic (exact) mass is 317 g/mol. The molecule has 0 aromatic carbocycles. The van der Waals surface area contributed by atoms with Gasteiger partial charge in [0.25, 0.3) is 0 Å². The summed E-state index contributed by atoms with van der Waals surface area (Å²) in [5, 5.41) is 11.5. The topological polar surface area (TPSA) is 64.7 Å². The maximum absolute atomic E-state index is 12.2. The van der Waals surface area contributed by atoms with E-state index in [4.69, 9.17) is 0 Å². The molecule has 126 valence electrons. The molecule has 2 heterocycles. The summed E-state index contributed by atoms with van der Waals surface area (Å²) in [4.78, 5) is 12.2. The number of carbonyl (C=O) groups is 1. The molecule has 0 fully saturated rings. The second-order valence-electron chi connectivity index (χ2n) is 6.41. The molecule has 0 aliphatic heterocycles. The van der Waals surface area contributed by atoms with Gasteiger partial charge in [0.15, 0.2) is 0 Å². The summed E-state index contributed by atoms with van der Waals surface area (Å²) in [5.74, 6) is 0.791. The summed E-state index contributed by atoms with van der Waals surface area (Å²) < 4.78 is 3.72. The van der Waals surface area contributed by atoms with E-state index in [2.05, 4.69) is 29.4 Å². The first-order valence-corrected chi connectivity index (χ1v) is 8.12. The van der Waals surface area contributed by atoms with E-state index in [0.29, 0.717) is 18.9 Å². The van der Waals surface area contributed by atoms with Crippen LogP contribution in [0.1, 0.15) is 43.1 Å². The van der Waals surface area contributed by atoms with Crippen LogP contribution in [0.15, 0.2) is 18.5 Å². The Kier molecular flexibility index (Phi) is 5.58. The molecule has 0 aliphatic carbocycles. The number of hydrogen-bond donors (Lipinski definition) is 1. The molecular formula is C17H27N5O. The molecule has 0 spiro atoms. The molecule has 0 saturated heterocycles. The Bertz CT molecular complexity index is 656. The zero-order valence-electron chi connectivity index (χ0n) is 14.7. The highest BCUT2D eigenvalue weighted by molar-refractivity contribution is 5.76. The fourth-order valence-electron chi connectivity index (χ4n) is 2.78. The van der Waals surface area contributed by atoms with Crippen molar-refractivity contribution in [3.8, 4) is 0 Å². The summed E-state index contributed by atoms with van der Waals surface area (Å²) in [6.45, 7) is 7.01. The predicted molar refractivity (Wildman–Crippen MR) is 90.1 cm³/mol. The van der Waals surface area contributed by atoms with Crippen molar-refractivity contribution in [3.05, 3.63) is 35.4 Å². The standard InChI is InChI=1S/C17H27N5O/c1-12(2)15(16-8-9-19-22(16)5)11-18-17(23)7-6-14-10-20-21(4)13(14)3/h8-10,12,15H,6-7,11H2,1-5H3,(H,18,23)/t15-/m0/s1. The number of carbonyl (C=O) groups excluding carboxylic acids is 1. The Morgan fingerprint density at radius 1 is 1.26 bits per heavy atom. The molecule has 0 aliphatic rings. The van der Waals surface area contributed by atoms with Gasteiger partial charge in [0, 0.05) is 50.6 Å². The summed E-state index contributed by atoms with van der Waals surface area (Å²) in [5.41, 5.74) is 3.41. The third-order valence-corrected chi connectivity index (χ3v) is 4.52. The van der Waals surface area contributed by atoms with Crippen molar-refractivity contribution in [1.82, 2.24) is 24.9 Å². The van der Waals surface area contributed by atoms with E-state index >= 15 is 0 Å². The lowest BCUT2D eigenvalue weighted by atomic mass is 9.92. The zero-order valence-corrected chi connectivity index (χ0v) is 14.7. The number of nitrogens with one attached hydrogen (secondary N) is 1. The molecule has 0 radical (unpaired) electrons. The number of aromatic nitrogens is 4. The molecule has 0 unspecified atom stereocenters. The van der Waals surface area contributed by atoms with E-state index in [-0.39, 0.29) is 11.8 Å². The average molecular weight is 317 g/mol. The molecule has 6 nitrogen and oxygen atoms in total. The van der Waals surface area contributed by atoms with Gasteiger partial charge in [-0.25, -0.2) is 0 Å². The van der Waals surface area contributed by atoms with Gasteiger partial charge in [0.2, 0.25) is 5.91 Å². The van der Waals surface area contributed by atoms with Crippen LogP contribution in [0, 0.1) is 12.8 Å². The number of hydrogen-bond acceptors (Lipinski definition) is 3. The highest BCUT2D eigenvalue weighted by Crippen LogP contribution is 2.22. The normalized spacial score (nSPS) is 12.6. The number of aryl methyl sites for hydroxylation is 3. The largest absolute Gasteiger partial charge is 0.355 e. The maximum atomic E-state index is 12.2. The van der Waals surface area contributed by atoms with Crippen LogP contribution in [0.4, 0.5) is 0 Å². The van der Waals surface area contributed by atoms with Crippen LogP contribution in [0.2, 0.25) is 0 Å². The predicted octanol–water partition coefficient (Wildman–Crippen LogP) is 1.95. The molecular weight excluding hydrogens is 290 g/mol. The molecule has 2 rings (SSSR count). The van der Waals surface area contributed by atoms with Crippen molar-refractivity contribution in [2.75, 3.05) is 6.54 Å². The fraction of sp³-hybridized carbons (Fsp3) is 0.588. The Hall–Kier alpha value is -2.11.